The molecule has 0 aliphatic carbocycles. The lowest BCUT2D eigenvalue weighted by Gasteiger charge is -1.97. The van der Waals surface area contributed by atoms with Gasteiger partial charge < -0.3 is 16.0 Å². The van der Waals surface area contributed by atoms with Gasteiger partial charge in [0.25, 0.3) is 0 Å². The number of H-pyrrole nitrogens is 1. The molecule has 0 radical (unpaired) electrons. The molecule has 4 N–H and O–H groups in total. The van der Waals surface area contributed by atoms with Crippen molar-refractivity contribution in [3.8, 4) is 11.3 Å². The summed E-state index contributed by atoms with van der Waals surface area (Å²) in [6.45, 7) is 2.89. The molecule has 1 aromatic carbocycles. The summed E-state index contributed by atoms with van der Waals surface area (Å²) in [6, 6.07) is 7.66. The molecular formula is C11H14N4. The first-order valence-electron chi connectivity index (χ1n) is 4.95. The highest BCUT2D eigenvalue weighted by atomic mass is 15.1. The monoisotopic (exact) mass is 202 g/mol. The molecule has 0 spiro atoms. The van der Waals surface area contributed by atoms with Crippen molar-refractivity contribution in [2.75, 3.05) is 17.6 Å². The van der Waals surface area contributed by atoms with Crippen LogP contribution in [-0.2, 0) is 0 Å². The maximum absolute atomic E-state index is 5.62. The number of hydrogen-bond acceptors (Lipinski definition) is 3. The molecule has 4 nitrogen and oxygen atoms in total. The smallest absolute Gasteiger partial charge is 0.200 e. The van der Waals surface area contributed by atoms with Crippen LogP contribution in [0.25, 0.3) is 11.3 Å². The Kier molecular flexibility index (Phi) is 2.58. The minimum Gasteiger partial charge on any atom is -0.399 e. The van der Waals surface area contributed by atoms with E-state index in [9.17, 15) is 0 Å². The zero-order chi connectivity index (χ0) is 10.7. The largest absolute Gasteiger partial charge is 0.399 e. The van der Waals surface area contributed by atoms with Crippen molar-refractivity contribution in [2.24, 2.45) is 0 Å². The van der Waals surface area contributed by atoms with Crippen molar-refractivity contribution in [1.29, 1.82) is 0 Å². The van der Waals surface area contributed by atoms with Gasteiger partial charge in [-0.25, -0.2) is 4.98 Å². The Morgan fingerprint density at radius 1 is 1.33 bits per heavy atom. The van der Waals surface area contributed by atoms with Crippen LogP contribution >= 0.6 is 0 Å². The van der Waals surface area contributed by atoms with E-state index >= 15 is 0 Å². The zero-order valence-corrected chi connectivity index (χ0v) is 8.62. The van der Waals surface area contributed by atoms with E-state index in [-0.39, 0.29) is 0 Å². The molecule has 4 heteroatoms. The maximum atomic E-state index is 5.62. The first-order valence-corrected chi connectivity index (χ1v) is 4.95. The van der Waals surface area contributed by atoms with Crippen molar-refractivity contribution in [1.82, 2.24) is 9.97 Å². The van der Waals surface area contributed by atoms with Gasteiger partial charge in [-0.3, -0.25) is 0 Å². The van der Waals surface area contributed by atoms with Crippen LogP contribution in [0, 0.1) is 0 Å². The second kappa shape index (κ2) is 4.04. The SMILES string of the molecule is CCNc1nc(-c2ccc(N)cc2)c[nH]1. The lowest BCUT2D eigenvalue weighted by atomic mass is 10.1. The van der Waals surface area contributed by atoms with Crippen molar-refractivity contribution in [2.45, 2.75) is 6.92 Å². The number of hydrogen-bond donors (Lipinski definition) is 3. The van der Waals surface area contributed by atoms with E-state index in [1.807, 2.05) is 37.4 Å². The van der Waals surface area contributed by atoms with Gasteiger partial charge in [-0.1, -0.05) is 12.1 Å². The van der Waals surface area contributed by atoms with Gasteiger partial charge in [0.05, 0.1) is 5.69 Å². The number of nitrogens with one attached hydrogen (secondary N) is 2. The van der Waals surface area contributed by atoms with Gasteiger partial charge >= 0.3 is 0 Å². The molecule has 0 bridgehead atoms. The Bertz CT molecular complexity index is 430. The van der Waals surface area contributed by atoms with E-state index in [2.05, 4.69) is 15.3 Å². The van der Waals surface area contributed by atoms with Gasteiger partial charge in [0.1, 0.15) is 0 Å². The summed E-state index contributed by atoms with van der Waals surface area (Å²) in [5.41, 5.74) is 8.36. The van der Waals surface area contributed by atoms with E-state index in [0.29, 0.717) is 0 Å². The van der Waals surface area contributed by atoms with Crippen LogP contribution < -0.4 is 11.1 Å². The van der Waals surface area contributed by atoms with Gasteiger partial charge in [0.15, 0.2) is 0 Å². The number of nitrogen functional groups attached to an aromatic ring is 1. The van der Waals surface area contributed by atoms with E-state index in [0.717, 1.165) is 29.4 Å². The van der Waals surface area contributed by atoms with Gasteiger partial charge in [0, 0.05) is 24.0 Å². The summed E-state index contributed by atoms with van der Waals surface area (Å²) in [4.78, 5) is 7.46. The van der Waals surface area contributed by atoms with Crippen LogP contribution in [0.4, 0.5) is 11.6 Å². The molecule has 1 heterocycles. The van der Waals surface area contributed by atoms with Gasteiger partial charge in [0.2, 0.25) is 5.95 Å². The van der Waals surface area contributed by atoms with Crippen LogP contribution in [0.15, 0.2) is 30.5 Å². The Labute approximate surface area is 88.5 Å². The Hall–Kier alpha value is -1.97. The molecule has 2 aromatic rings. The zero-order valence-electron chi connectivity index (χ0n) is 8.62. The molecule has 0 aliphatic rings. The number of nitrogens with zero attached hydrogens (tertiary/aromatic N) is 1. The summed E-state index contributed by atoms with van der Waals surface area (Å²) in [6.07, 6.45) is 1.88. The molecule has 0 amide bonds. The molecule has 0 unspecified atom stereocenters. The third-order valence-corrected chi connectivity index (χ3v) is 2.13. The van der Waals surface area contributed by atoms with Crippen molar-refractivity contribution in [3.63, 3.8) is 0 Å². The highest BCUT2D eigenvalue weighted by Gasteiger charge is 2.02. The number of nitrogens with two attached hydrogens (primary N) is 1. The van der Waals surface area contributed by atoms with Crippen LogP contribution in [0.5, 0.6) is 0 Å². The predicted octanol–water partition coefficient (Wildman–Crippen LogP) is 2.09. The molecule has 78 valence electrons. The second-order valence-electron chi connectivity index (χ2n) is 3.29. The van der Waals surface area contributed by atoms with E-state index in [1.54, 1.807) is 0 Å². The molecule has 0 atom stereocenters. The summed E-state index contributed by atoms with van der Waals surface area (Å²) in [7, 11) is 0. The standard InChI is InChI=1S/C11H14N4/c1-2-13-11-14-7-10(15-11)8-3-5-9(12)6-4-8/h3-7H,2,12H2,1H3,(H2,13,14,15). The van der Waals surface area contributed by atoms with Crippen LogP contribution in [0.2, 0.25) is 0 Å². The second-order valence-corrected chi connectivity index (χ2v) is 3.29. The molecule has 2 rings (SSSR count). The van der Waals surface area contributed by atoms with Crippen molar-refractivity contribution >= 4 is 11.6 Å². The minimum absolute atomic E-state index is 0.765. The van der Waals surface area contributed by atoms with Crippen LogP contribution in [0.1, 0.15) is 6.92 Å². The molecule has 0 saturated heterocycles. The fourth-order valence-corrected chi connectivity index (χ4v) is 1.38. The third kappa shape index (κ3) is 2.10. The number of benzene rings is 1. The maximum Gasteiger partial charge on any atom is 0.200 e. The fraction of sp³-hybridized carbons (Fsp3) is 0.182. The normalized spacial score (nSPS) is 10.2. The topological polar surface area (TPSA) is 66.7 Å². The quantitative estimate of drug-likeness (QED) is 0.668. The summed E-state index contributed by atoms with van der Waals surface area (Å²) >= 11 is 0. The van der Waals surface area contributed by atoms with E-state index in [4.69, 9.17) is 5.73 Å². The van der Waals surface area contributed by atoms with Gasteiger partial charge in [-0.05, 0) is 19.1 Å². The Morgan fingerprint density at radius 3 is 2.73 bits per heavy atom. The average Bonchev–Trinajstić information content (AvgIpc) is 2.68. The van der Waals surface area contributed by atoms with E-state index in [1.165, 1.54) is 0 Å². The van der Waals surface area contributed by atoms with Crippen molar-refractivity contribution in [3.05, 3.63) is 30.5 Å². The first-order chi connectivity index (χ1) is 7.29. The van der Waals surface area contributed by atoms with Crippen LogP contribution in [-0.4, -0.2) is 16.5 Å². The Balaban J connectivity index is 2.25. The summed E-state index contributed by atoms with van der Waals surface area (Å²) in [5.74, 6) is 0.796. The molecule has 0 fully saturated rings. The molecule has 0 saturated carbocycles. The molecular weight excluding hydrogens is 188 g/mol. The van der Waals surface area contributed by atoms with Gasteiger partial charge in [-0.15, -0.1) is 0 Å². The summed E-state index contributed by atoms with van der Waals surface area (Å²) < 4.78 is 0. The lowest BCUT2D eigenvalue weighted by Crippen LogP contribution is -1.97. The molecule has 15 heavy (non-hydrogen) atoms. The fourth-order valence-electron chi connectivity index (χ4n) is 1.38. The third-order valence-electron chi connectivity index (χ3n) is 2.13. The van der Waals surface area contributed by atoms with Gasteiger partial charge in [-0.2, -0.15) is 0 Å². The highest BCUT2D eigenvalue weighted by molar-refractivity contribution is 5.62. The predicted molar refractivity (Wildman–Crippen MR) is 62.6 cm³/mol. The number of anilines is 2. The molecule has 0 aliphatic heterocycles. The minimum atomic E-state index is 0.765. The first kappa shape index (κ1) is 9.58. The van der Waals surface area contributed by atoms with E-state index < -0.39 is 0 Å². The number of aromatic amines is 1. The number of imidazole rings is 1. The Morgan fingerprint density at radius 2 is 2.07 bits per heavy atom. The summed E-state index contributed by atoms with van der Waals surface area (Å²) in [5, 5.41) is 3.12. The lowest BCUT2D eigenvalue weighted by molar-refractivity contribution is 1.14. The van der Waals surface area contributed by atoms with Crippen molar-refractivity contribution < 1.29 is 0 Å². The molecule has 1 aromatic heterocycles. The highest BCUT2D eigenvalue weighted by Crippen LogP contribution is 2.19. The van der Waals surface area contributed by atoms with Crippen LogP contribution in [0.3, 0.4) is 0 Å². The average molecular weight is 202 g/mol. The number of rotatable bonds is 3. The number of aromatic nitrogens is 2.